The Labute approximate surface area is 125 Å². The van der Waals surface area contributed by atoms with E-state index in [4.69, 9.17) is 21.4 Å². The number of amides is 1. The smallest absolute Gasteiger partial charge is 0.222 e. The van der Waals surface area contributed by atoms with Gasteiger partial charge in [0.15, 0.2) is 0 Å². The van der Waals surface area contributed by atoms with E-state index in [0.717, 1.165) is 5.56 Å². The van der Waals surface area contributed by atoms with E-state index in [1.165, 1.54) is 0 Å². The third-order valence-electron chi connectivity index (χ3n) is 3.16. The molecular formula is C15H22ClNO3. The van der Waals surface area contributed by atoms with Crippen molar-refractivity contribution >= 4 is 17.5 Å². The summed E-state index contributed by atoms with van der Waals surface area (Å²) in [5.41, 5.74) is 1.02. The molecule has 0 aliphatic heterocycles. The van der Waals surface area contributed by atoms with Crippen molar-refractivity contribution in [3.63, 3.8) is 0 Å². The molecule has 0 atom stereocenters. The van der Waals surface area contributed by atoms with Crippen molar-refractivity contribution in [2.24, 2.45) is 0 Å². The second kappa shape index (κ2) is 8.82. The van der Waals surface area contributed by atoms with Gasteiger partial charge in [0.1, 0.15) is 5.75 Å². The van der Waals surface area contributed by atoms with Crippen LogP contribution >= 0.6 is 11.6 Å². The molecule has 1 amide bonds. The van der Waals surface area contributed by atoms with Crippen LogP contribution < -0.4 is 4.74 Å². The minimum atomic E-state index is 0.105. The van der Waals surface area contributed by atoms with Crippen LogP contribution in [0.15, 0.2) is 18.2 Å². The molecule has 1 aromatic rings. The Morgan fingerprint density at radius 3 is 2.75 bits per heavy atom. The lowest BCUT2D eigenvalue weighted by atomic mass is 10.1. The summed E-state index contributed by atoms with van der Waals surface area (Å²) in [4.78, 5) is 13.8. The molecule has 4 nitrogen and oxygen atoms in total. The topological polar surface area (TPSA) is 49.8 Å². The standard InChI is InChI=1S/C15H22ClNO3/c1-3-17(9-4-10-18)15(19)8-6-12-5-7-14(20-2)13(16)11-12/h5,7,11,18H,3-4,6,8-10H2,1-2H3. The van der Waals surface area contributed by atoms with Gasteiger partial charge in [0.05, 0.1) is 12.1 Å². The number of carbonyl (C=O) groups excluding carboxylic acids is 1. The number of methoxy groups -OCH3 is 1. The zero-order chi connectivity index (χ0) is 15.0. The average Bonchev–Trinajstić information content (AvgIpc) is 2.46. The highest BCUT2D eigenvalue weighted by Crippen LogP contribution is 2.25. The summed E-state index contributed by atoms with van der Waals surface area (Å²) in [6.07, 6.45) is 1.72. The highest BCUT2D eigenvalue weighted by Gasteiger charge is 2.11. The Morgan fingerprint density at radius 2 is 2.20 bits per heavy atom. The van der Waals surface area contributed by atoms with Crippen molar-refractivity contribution in [3.8, 4) is 5.75 Å². The van der Waals surface area contributed by atoms with Crippen molar-refractivity contribution in [1.82, 2.24) is 4.90 Å². The van der Waals surface area contributed by atoms with Gasteiger partial charge in [-0.05, 0) is 37.5 Å². The van der Waals surface area contributed by atoms with Crippen LogP contribution in [0.25, 0.3) is 0 Å². The number of ether oxygens (including phenoxy) is 1. The third-order valence-corrected chi connectivity index (χ3v) is 3.46. The minimum Gasteiger partial charge on any atom is -0.495 e. The molecule has 0 bridgehead atoms. The van der Waals surface area contributed by atoms with Crippen molar-refractivity contribution in [2.45, 2.75) is 26.2 Å². The van der Waals surface area contributed by atoms with E-state index in [0.29, 0.717) is 43.1 Å². The number of benzene rings is 1. The van der Waals surface area contributed by atoms with Crippen LogP contribution in [0.2, 0.25) is 5.02 Å². The van der Waals surface area contributed by atoms with E-state index in [-0.39, 0.29) is 12.5 Å². The first kappa shape index (κ1) is 16.8. The zero-order valence-electron chi connectivity index (χ0n) is 12.1. The quantitative estimate of drug-likeness (QED) is 0.802. The van der Waals surface area contributed by atoms with Crippen LogP contribution in [0.5, 0.6) is 5.75 Å². The lowest BCUT2D eigenvalue weighted by molar-refractivity contribution is -0.131. The summed E-state index contributed by atoms with van der Waals surface area (Å²) in [6, 6.07) is 5.56. The van der Waals surface area contributed by atoms with Crippen LogP contribution in [0.4, 0.5) is 0 Å². The molecular weight excluding hydrogens is 278 g/mol. The molecule has 20 heavy (non-hydrogen) atoms. The zero-order valence-corrected chi connectivity index (χ0v) is 12.8. The molecule has 0 aliphatic carbocycles. The van der Waals surface area contributed by atoms with Gasteiger partial charge in [-0.3, -0.25) is 4.79 Å². The predicted molar refractivity (Wildman–Crippen MR) is 80.3 cm³/mol. The number of aryl methyl sites for hydroxylation is 1. The molecule has 0 heterocycles. The summed E-state index contributed by atoms with van der Waals surface area (Å²) in [6.45, 7) is 3.33. The second-order valence-electron chi connectivity index (χ2n) is 4.52. The molecule has 112 valence electrons. The SMILES string of the molecule is CCN(CCCO)C(=O)CCc1ccc(OC)c(Cl)c1. The van der Waals surface area contributed by atoms with Gasteiger partial charge < -0.3 is 14.7 Å². The number of carbonyl (C=O) groups is 1. The lowest BCUT2D eigenvalue weighted by Gasteiger charge is -2.20. The summed E-state index contributed by atoms with van der Waals surface area (Å²) >= 11 is 6.06. The van der Waals surface area contributed by atoms with Crippen LogP contribution in [0.1, 0.15) is 25.3 Å². The number of nitrogens with zero attached hydrogens (tertiary/aromatic N) is 1. The first-order chi connectivity index (χ1) is 9.62. The van der Waals surface area contributed by atoms with Gasteiger partial charge in [0, 0.05) is 26.1 Å². The van der Waals surface area contributed by atoms with Gasteiger partial charge in [-0.1, -0.05) is 17.7 Å². The molecule has 0 saturated carbocycles. The molecule has 0 radical (unpaired) electrons. The largest absolute Gasteiger partial charge is 0.495 e. The number of halogens is 1. The summed E-state index contributed by atoms with van der Waals surface area (Å²) in [7, 11) is 1.57. The van der Waals surface area contributed by atoms with Crippen molar-refractivity contribution in [1.29, 1.82) is 0 Å². The Kier molecular flexibility index (Phi) is 7.41. The third kappa shape index (κ3) is 5.02. The number of rotatable bonds is 8. The molecule has 0 spiro atoms. The molecule has 0 fully saturated rings. The van der Waals surface area contributed by atoms with Gasteiger partial charge in [0.2, 0.25) is 5.91 Å². The van der Waals surface area contributed by atoms with Crippen LogP contribution in [0.3, 0.4) is 0 Å². The summed E-state index contributed by atoms with van der Waals surface area (Å²) < 4.78 is 5.09. The maximum absolute atomic E-state index is 12.0. The Bertz CT molecular complexity index is 437. The maximum atomic E-state index is 12.0. The van der Waals surface area contributed by atoms with Gasteiger partial charge in [0.25, 0.3) is 0 Å². The molecule has 1 N–H and O–H groups in total. The lowest BCUT2D eigenvalue weighted by Crippen LogP contribution is -2.32. The molecule has 0 aromatic heterocycles. The Morgan fingerprint density at radius 1 is 1.45 bits per heavy atom. The molecule has 5 heteroatoms. The van der Waals surface area contributed by atoms with E-state index >= 15 is 0 Å². The van der Waals surface area contributed by atoms with E-state index < -0.39 is 0 Å². The fourth-order valence-electron chi connectivity index (χ4n) is 2.00. The van der Waals surface area contributed by atoms with E-state index in [9.17, 15) is 4.79 Å². The Balaban J connectivity index is 2.53. The Hall–Kier alpha value is -1.26. The monoisotopic (exact) mass is 299 g/mol. The minimum absolute atomic E-state index is 0.105. The highest BCUT2D eigenvalue weighted by atomic mass is 35.5. The van der Waals surface area contributed by atoms with Crippen molar-refractivity contribution in [2.75, 3.05) is 26.8 Å². The number of aliphatic hydroxyl groups excluding tert-OH is 1. The van der Waals surface area contributed by atoms with Crippen molar-refractivity contribution < 1.29 is 14.6 Å². The van der Waals surface area contributed by atoms with Crippen molar-refractivity contribution in [3.05, 3.63) is 28.8 Å². The van der Waals surface area contributed by atoms with Gasteiger partial charge in [-0.25, -0.2) is 0 Å². The predicted octanol–water partition coefficient (Wildman–Crippen LogP) is 2.51. The second-order valence-corrected chi connectivity index (χ2v) is 4.93. The van der Waals surface area contributed by atoms with Crippen LogP contribution in [0, 0.1) is 0 Å². The van der Waals surface area contributed by atoms with Crippen LogP contribution in [-0.2, 0) is 11.2 Å². The molecule has 1 aromatic carbocycles. The van der Waals surface area contributed by atoms with E-state index in [1.807, 2.05) is 25.1 Å². The average molecular weight is 300 g/mol. The molecule has 0 saturated heterocycles. The fraction of sp³-hybridized carbons (Fsp3) is 0.533. The summed E-state index contributed by atoms with van der Waals surface area (Å²) in [5, 5.41) is 9.38. The van der Waals surface area contributed by atoms with Gasteiger partial charge in [-0.15, -0.1) is 0 Å². The summed E-state index contributed by atoms with van der Waals surface area (Å²) in [5.74, 6) is 0.743. The highest BCUT2D eigenvalue weighted by molar-refractivity contribution is 6.32. The molecule has 0 unspecified atom stereocenters. The molecule has 1 rings (SSSR count). The number of aliphatic hydroxyl groups is 1. The maximum Gasteiger partial charge on any atom is 0.222 e. The van der Waals surface area contributed by atoms with E-state index in [2.05, 4.69) is 0 Å². The van der Waals surface area contributed by atoms with Crippen LogP contribution in [-0.4, -0.2) is 42.7 Å². The first-order valence-electron chi connectivity index (χ1n) is 6.83. The normalized spacial score (nSPS) is 10.4. The van der Waals surface area contributed by atoms with E-state index in [1.54, 1.807) is 12.0 Å². The number of hydrogen-bond acceptors (Lipinski definition) is 3. The number of hydrogen-bond donors (Lipinski definition) is 1. The molecule has 0 aliphatic rings. The van der Waals surface area contributed by atoms with Gasteiger partial charge >= 0.3 is 0 Å². The fourth-order valence-corrected chi connectivity index (χ4v) is 2.28. The van der Waals surface area contributed by atoms with Gasteiger partial charge in [-0.2, -0.15) is 0 Å². The first-order valence-corrected chi connectivity index (χ1v) is 7.21.